The number of amides is 2. The first-order chi connectivity index (χ1) is 13.5. The largest absolute Gasteiger partial charge is 0.304 e. The van der Waals surface area contributed by atoms with Gasteiger partial charge in [-0.25, -0.2) is 5.01 Å². The van der Waals surface area contributed by atoms with Crippen molar-refractivity contribution in [3.63, 3.8) is 0 Å². The van der Waals surface area contributed by atoms with Crippen LogP contribution in [0.1, 0.15) is 12.0 Å². The Hall–Kier alpha value is -2.00. The van der Waals surface area contributed by atoms with Crippen molar-refractivity contribution in [1.29, 1.82) is 0 Å². The van der Waals surface area contributed by atoms with Crippen LogP contribution < -0.4 is 5.43 Å². The fourth-order valence-electron chi connectivity index (χ4n) is 2.88. The molecule has 1 aromatic rings. The van der Waals surface area contributed by atoms with Gasteiger partial charge in [-0.2, -0.15) is 0 Å². The van der Waals surface area contributed by atoms with Gasteiger partial charge in [0, 0.05) is 39.1 Å². The fraction of sp³-hybridized carbons (Fsp3) is 0.350. The Balaban J connectivity index is 1.49. The summed E-state index contributed by atoms with van der Waals surface area (Å²) < 4.78 is 0.497. The Kier molecular flexibility index (Phi) is 7.38. The van der Waals surface area contributed by atoms with Crippen molar-refractivity contribution in [2.24, 2.45) is 0 Å². The van der Waals surface area contributed by atoms with Gasteiger partial charge in [0.15, 0.2) is 0 Å². The van der Waals surface area contributed by atoms with E-state index in [0.29, 0.717) is 15.8 Å². The highest BCUT2D eigenvalue weighted by molar-refractivity contribution is 8.26. The second-order valence-corrected chi connectivity index (χ2v) is 8.38. The summed E-state index contributed by atoms with van der Waals surface area (Å²) in [5.74, 6) is -0.230. The number of likely N-dealkylation sites (N-methyl/N-ethyl adjacent to an activating group) is 1. The topological polar surface area (TPSA) is 55.9 Å². The number of carbonyl (C=O) groups excluding carboxylic acids is 2. The summed E-state index contributed by atoms with van der Waals surface area (Å²) in [4.78, 5) is 29.1. The number of nitrogens with one attached hydrogen (secondary N) is 1. The smallest absolute Gasteiger partial charge is 0.266 e. The number of nitrogens with zero attached hydrogens (tertiary/aromatic N) is 3. The molecule has 0 bridgehead atoms. The molecule has 6 nitrogen and oxygen atoms in total. The van der Waals surface area contributed by atoms with E-state index in [1.54, 1.807) is 6.08 Å². The summed E-state index contributed by atoms with van der Waals surface area (Å²) in [5, 5.41) is 1.93. The van der Waals surface area contributed by atoms with Crippen LogP contribution in [0.4, 0.5) is 0 Å². The summed E-state index contributed by atoms with van der Waals surface area (Å²) in [6, 6.07) is 9.88. The quantitative estimate of drug-likeness (QED) is 0.566. The maximum Gasteiger partial charge on any atom is 0.266 e. The fourth-order valence-corrected chi connectivity index (χ4v) is 4.14. The molecule has 0 aromatic heterocycles. The number of carbonyl (C=O) groups is 2. The molecule has 148 valence electrons. The molecule has 2 amide bonds. The maximum atomic E-state index is 12.6. The SMILES string of the molecule is CN1CCN(NC(=O)CCN2C(=O)C(=CC=Cc3ccccc3)SC2=S)CC1. The average Bonchev–Trinajstić information content (AvgIpc) is 2.96. The van der Waals surface area contributed by atoms with Crippen molar-refractivity contribution in [1.82, 2.24) is 20.2 Å². The summed E-state index contributed by atoms with van der Waals surface area (Å²) in [6.07, 6.45) is 5.79. The number of thioether (sulfide) groups is 1. The van der Waals surface area contributed by atoms with Crippen LogP contribution in [-0.2, 0) is 9.59 Å². The molecule has 8 heteroatoms. The molecular weight excluding hydrogens is 392 g/mol. The standard InChI is InChI=1S/C20H24N4O2S2/c1-22-12-14-23(15-13-22)21-18(25)10-11-24-19(26)17(28-20(24)27)9-5-8-16-6-3-2-4-7-16/h2-9H,10-15H2,1H3,(H,21,25). The minimum absolute atomic E-state index is 0.0912. The molecule has 0 radical (unpaired) electrons. The van der Waals surface area contributed by atoms with E-state index in [9.17, 15) is 9.59 Å². The van der Waals surface area contributed by atoms with E-state index in [2.05, 4.69) is 17.4 Å². The Bertz CT molecular complexity index is 787. The molecule has 2 heterocycles. The predicted molar refractivity (Wildman–Crippen MR) is 117 cm³/mol. The molecule has 0 unspecified atom stereocenters. The zero-order valence-corrected chi connectivity index (χ0v) is 17.5. The minimum atomic E-state index is -0.139. The van der Waals surface area contributed by atoms with Gasteiger partial charge in [0.1, 0.15) is 4.32 Å². The monoisotopic (exact) mass is 416 g/mol. The first kappa shape index (κ1) is 20.7. The molecule has 2 aliphatic rings. The summed E-state index contributed by atoms with van der Waals surface area (Å²) in [7, 11) is 2.07. The molecule has 0 atom stereocenters. The normalized spacial score (nSPS) is 20.5. The zero-order valence-electron chi connectivity index (χ0n) is 15.8. The second kappa shape index (κ2) is 9.97. The van der Waals surface area contributed by atoms with E-state index < -0.39 is 0 Å². The Morgan fingerprint density at radius 3 is 2.64 bits per heavy atom. The lowest BCUT2D eigenvalue weighted by molar-refractivity contribution is -0.127. The van der Waals surface area contributed by atoms with E-state index in [1.165, 1.54) is 16.7 Å². The van der Waals surface area contributed by atoms with Gasteiger partial charge >= 0.3 is 0 Å². The van der Waals surface area contributed by atoms with Crippen LogP contribution in [0.5, 0.6) is 0 Å². The van der Waals surface area contributed by atoms with Gasteiger partial charge in [-0.1, -0.05) is 66.5 Å². The predicted octanol–water partition coefficient (Wildman–Crippen LogP) is 2.11. The highest BCUT2D eigenvalue weighted by Gasteiger charge is 2.31. The first-order valence-electron chi connectivity index (χ1n) is 9.23. The molecule has 0 aliphatic carbocycles. The van der Waals surface area contributed by atoms with Crippen molar-refractivity contribution < 1.29 is 9.59 Å². The number of benzene rings is 1. The van der Waals surface area contributed by atoms with Gasteiger partial charge in [0.05, 0.1) is 4.91 Å². The number of rotatable bonds is 6. The van der Waals surface area contributed by atoms with E-state index in [0.717, 1.165) is 31.7 Å². The molecule has 2 fully saturated rings. The van der Waals surface area contributed by atoms with Crippen molar-refractivity contribution in [3.05, 3.63) is 53.0 Å². The average molecular weight is 417 g/mol. The number of thiocarbonyl (C=S) groups is 1. The molecule has 3 rings (SSSR count). The number of allylic oxidation sites excluding steroid dienone is 2. The number of hydrazine groups is 1. The van der Waals surface area contributed by atoms with Crippen LogP contribution >= 0.6 is 24.0 Å². The molecule has 2 aliphatic heterocycles. The second-order valence-electron chi connectivity index (χ2n) is 6.70. The van der Waals surface area contributed by atoms with Crippen molar-refractivity contribution in [2.75, 3.05) is 39.8 Å². The van der Waals surface area contributed by atoms with E-state index in [1.807, 2.05) is 47.5 Å². The highest BCUT2D eigenvalue weighted by atomic mass is 32.2. The van der Waals surface area contributed by atoms with Gasteiger partial charge in [-0.05, 0) is 18.7 Å². The van der Waals surface area contributed by atoms with Crippen LogP contribution in [0.25, 0.3) is 6.08 Å². The van der Waals surface area contributed by atoms with Gasteiger partial charge in [0.25, 0.3) is 5.91 Å². The molecule has 0 spiro atoms. The highest BCUT2D eigenvalue weighted by Crippen LogP contribution is 2.31. The number of hydrogen-bond donors (Lipinski definition) is 1. The molecule has 2 saturated heterocycles. The lowest BCUT2D eigenvalue weighted by atomic mass is 10.2. The summed E-state index contributed by atoms with van der Waals surface area (Å²) >= 11 is 6.59. The van der Waals surface area contributed by atoms with Crippen LogP contribution in [0.2, 0.25) is 0 Å². The van der Waals surface area contributed by atoms with Crippen LogP contribution in [0.15, 0.2) is 47.4 Å². The third-order valence-electron chi connectivity index (χ3n) is 4.56. The van der Waals surface area contributed by atoms with Gasteiger partial charge in [-0.3, -0.25) is 19.9 Å². The van der Waals surface area contributed by atoms with E-state index >= 15 is 0 Å². The van der Waals surface area contributed by atoms with Crippen LogP contribution in [0, 0.1) is 0 Å². The van der Waals surface area contributed by atoms with Gasteiger partial charge in [0.2, 0.25) is 5.91 Å². The molecule has 1 aromatic carbocycles. The lowest BCUT2D eigenvalue weighted by Gasteiger charge is -2.32. The van der Waals surface area contributed by atoms with Crippen LogP contribution in [-0.4, -0.2) is 70.7 Å². The van der Waals surface area contributed by atoms with Crippen molar-refractivity contribution in [3.8, 4) is 0 Å². The Labute approximate surface area is 175 Å². The first-order valence-corrected chi connectivity index (χ1v) is 10.5. The molecule has 28 heavy (non-hydrogen) atoms. The third kappa shape index (κ3) is 5.75. The third-order valence-corrected chi connectivity index (χ3v) is 5.95. The van der Waals surface area contributed by atoms with E-state index in [4.69, 9.17) is 12.2 Å². The van der Waals surface area contributed by atoms with Crippen LogP contribution in [0.3, 0.4) is 0 Å². The van der Waals surface area contributed by atoms with Crippen molar-refractivity contribution >= 4 is 46.2 Å². The maximum absolute atomic E-state index is 12.6. The van der Waals surface area contributed by atoms with E-state index in [-0.39, 0.29) is 18.2 Å². The minimum Gasteiger partial charge on any atom is -0.304 e. The van der Waals surface area contributed by atoms with Crippen molar-refractivity contribution in [2.45, 2.75) is 6.42 Å². The number of piperazine rings is 1. The lowest BCUT2D eigenvalue weighted by Crippen LogP contribution is -2.52. The summed E-state index contributed by atoms with van der Waals surface area (Å²) in [6.45, 7) is 3.76. The molecular formula is C20H24N4O2S2. The Morgan fingerprint density at radius 2 is 1.93 bits per heavy atom. The zero-order chi connectivity index (χ0) is 19.9. The van der Waals surface area contributed by atoms with Gasteiger partial charge in [-0.15, -0.1) is 0 Å². The summed E-state index contributed by atoms with van der Waals surface area (Å²) in [5.41, 5.74) is 3.98. The Morgan fingerprint density at radius 1 is 1.21 bits per heavy atom. The molecule has 0 saturated carbocycles. The van der Waals surface area contributed by atoms with Gasteiger partial charge < -0.3 is 4.90 Å². The molecule has 1 N–H and O–H groups in total. The number of hydrogen-bond acceptors (Lipinski definition) is 6.